The van der Waals surface area contributed by atoms with Gasteiger partial charge in [0.2, 0.25) is 5.91 Å². The van der Waals surface area contributed by atoms with Crippen molar-refractivity contribution in [1.82, 2.24) is 9.88 Å². The van der Waals surface area contributed by atoms with Gasteiger partial charge in [-0.1, -0.05) is 24.3 Å². The summed E-state index contributed by atoms with van der Waals surface area (Å²) in [5.41, 5.74) is 3.12. The van der Waals surface area contributed by atoms with E-state index < -0.39 is 0 Å². The van der Waals surface area contributed by atoms with E-state index in [2.05, 4.69) is 45.1 Å². The van der Waals surface area contributed by atoms with Gasteiger partial charge in [-0.05, 0) is 48.9 Å². The van der Waals surface area contributed by atoms with Crippen molar-refractivity contribution in [1.29, 1.82) is 0 Å². The van der Waals surface area contributed by atoms with Gasteiger partial charge in [0.1, 0.15) is 0 Å². The van der Waals surface area contributed by atoms with Gasteiger partial charge in [-0.3, -0.25) is 14.7 Å². The number of pyridine rings is 1. The number of hydrogen-bond acceptors (Lipinski definition) is 3. The van der Waals surface area contributed by atoms with Crippen molar-refractivity contribution in [3.8, 4) is 0 Å². The van der Waals surface area contributed by atoms with E-state index in [1.54, 1.807) is 0 Å². The Kier molecular flexibility index (Phi) is 3.42. The Labute approximate surface area is 148 Å². The highest BCUT2D eigenvalue weighted by Crippen LogP contribution is 2.48. The third kappa shape index (κ3) is 2.47. The molecule has 4 nitrogen and oxygen atoms in total. The Bertz CT molecular complexity index is 802. The first kappa shape index (κ1) is 15.1. The van der Waals surface area contributed by atoms with E-state index in [0.29, 0.717) is 11.8 Å². The quantitative estimate of drug-likeness (QED) is 0.863. The second kappa shape index (κ2) is 5.67. The number of para-hydroxylation sites is 1. The van der Waals surface area contributed by atoms with Gasteiger partial charge in [0.15, 0.2) is 0 Å². The number of benzene rings is 1. The molecule has 128 valence electrons. The first-order valence-electron chi connectivity index (χ1n) is 9.30. The molecule has 1 spiro atoms. The van der Waals surface area contributed by atoms with E-state index in [0.717, 1.165) is 44.0 Å². The van der Waals surface area contributed by atoms with Crippen LogP contribution in [0, 0.1) is 5.92 Å². The first-order chi connectivity index (χ1) is 12.3. The Hall–Kier alpha value is -2.20. The van der Waals surface area contributed by atoms with E-state index in [9.17, 15) is 4.79 Å². The van der Waals surface area contributed by atoms with E-state index in [1.807, 2.05) is 18.3 Å². The third-order valence-electron chi connectivity index (χ3n) is 5.96. The van der Waals surface area contributed by atoms with Gasteiger partial charge < -0.3 is 4.90 Å². The molecule has 2 fully saturated rings. The number of fused-ring (bicyclic) bond motifs is 2. The number of nitrogens with zero attached hydrogens (tertiary/aromatic N) is 3. The maximum Gasteiger partial charge on any atom is 0.239 e. The topological polar surface area (TPSA) is 36.4 Å². The van der Waals surface area contributed by atoms with Crippen LogP contribution in [0.5, 0.6) is 0 Å². The maximum absolute atomic E-state index is 13.4. The zero-order valence-electron chi connectivity index (χ0n) is 14.4. The van der Waals surface area contributed by atoms with Gasteiger partial charge in [-0.25, -0.2) is 0 Å². The molecular formula is C21H23N3O. The number of carbonyl (C=O) groups excluding carboxylic acids is 1. The minimum Gasteiger partial charge on any atom is -0.311 e. The molecule has 1 atom stereocenters. The number of anilines is 1. The largest absolute Gasteiger partial charge is 0.311 e. The predicted molar refractivity (Wildman–Crippen MR) is 97.3 cm³/mol. The van der Waals surface area contributed by atoms with Crippen molar-refractivity contribution < 1.29 is 4.79 Å². The van der Waals surface area contributed by atoms with Crippen molar-refractivity contribution in [2.45, 2.75) is 31.2 Å². The van der Waals surface area contributed by atoms with Crippen LogP contribution in [0.4, 0.5) is 5.69 Å². The lowest BCUT2D eigenvalue weighted by molar-refractivity contribution is -0.122. The Morgan fingerprint density at radius 1 is 1.12 bits per heavy atom. The smallest absolute Gasteiger partial charge is 0.239 e. The van der Waals surface area contributed by atoms with Crippen LogP contribution in [0.3, 0.4) is 0 Å². The number of carbonyl (C=O) groups is 1. The fourth-order valence-corrected chi connectivity index (χ4v) is 4.48. The van der Waals surface area contributed by atoms with Crippen molar-refractivity contribution in [2.75, 3.05) is 24.5 Å². The highest BCUT2D eigenvalue weighted by molar-refractivity contribution is 6.08. The minimum atomic E-state index is -0.347. The lowest BCUT2D eigenvalue weighted by Gasteiger charge is -2.24. The molecule has 1 saturated heterocycles. The predicted octanol–water partition coefficient (Wildman–Crippen LogP) is 2.98. The number of likely N-dealkylation sites (tertiary alicyclic amines) is 1. The van der Waals surface area contributed by atoms with E-state index >= 15 is 0 Å². The maximum atomic E-state index is 13.4. The lowest BCUT2D eigenvalue weighted by atomic mass is 9.81. The highest BCUT2D eigenvalue weighted by Gasteiger charge is 2.54. The summed E-state index contributed by atoms with van der Waals surface area (Å²) in [6.07, 6.45) is 5.29. The zero-order valence-corrected chi connectivity index (χ0v) is 14.4. The summed E-state index contributed by atoms with van der Waals surface area (Å²) < 4.78 is 0. The number of rotatable bonds is 4. The van der Waals surface area contributed by atoms with Gasteiger partial charge in [0, 0.05) is 38.1 Å². The molecule has 2 aromatic rings. The fraction of sp³-hybridized carbons (Fsp3) is 0.429. The standard InChI is InChI=1S/C21H23N3O/c25-20-21(10-12-23(15-21)14-17-5-3-4-11-22-17)18-6-1-2-7-19(18)24(20)13-16-8-9-16/h1-7,11,16H,8-10,12-15H2/t21-/m0/s1. The van der Waals surface area contributed by atoms with Crippen LogP contribution < -0.4 is 4.90 Å². The summed E-state index contributed by atoms with van der Waals surface area (Å²) in [7, 11) is 0. The molecule has 0 N–H and O–H groups in total. The molecule has 1 aromatic carbocycles. The van der Waals surface area contributed by atoms with Crippen LogP contribution in [0.25, 0.3) is 0 Å². The molecule has 3 aliphatic rings. The van der Waals surface area contributed by atoms with Gasteiger partial charge in [-0.2, -0.15) is 0 Å². The molecule has 5 rings (SSSR count). The molecule has 0 unspecified atom stereocenters. The molecule has 0 bridgehead atoms. The van der Waals surface area contributed by atoms with E-state index in [-0.39, 0.29) is 5.41 Å². The van der Waals surface area contributed by atoms with Gasteiger partial charge in [-0.15, -0.1) is 0 Å². The molecule has 0 radical (unpaired) electrons. The summed E-state index contributed by atoms with van der Waals surface area (Å²) >= 11 is 0. The highest BCUT2D eigenvalue weighted by atomic mass is 16.2. The lowest BCUT2D eigenvalue weighted by Crippen LogP contribution is -2.43. The van der Waals surface area contributed by atoms with Crippen molar-refractivity contribution in [3.05, 3.63) is 59.9 Å². The Morgan fingerprint density at radius 2 is 1.96 bits per heavy atom. The Morgan fingerprint density at radius 3 is 2.76 bits per heavy atom. The summed E-state index contributed by atoms with van der Waals surface area (Å²) in [6, 6.07) is 14.5. The second-order valence-corrected chi connectivity index (χ2v) is 7.74. The van der Waals surface area contributed by atoms with Crippen molar-refractivity contribution in [2.24, 2.45) is 5.92 Å². The molecule has 3 heterocycles. The number of aromatic nitrogens is 1. The third-order valence-corrected chi connectivity index (χ3v) is 5.96. The average molecular weight is 333 g/mol. The van der Waals surface area contributed by atoms with Crippen molar-refractivity contribution >= 4 is 11.6 Å². The molecule has 1 amide bonds. The van der Waals surface area contributed by atoms with Gasteiger partial charge in [0.05, 0.1) is 11.1 Å². The molecule has 2 aliphatic heterocycles. The fourth-order valence-electron chi connectivity index (χ4n) is 4.48. The van der Waals surface area contributed by atoms with E-state index in [1.165, 1.54) is 18.4 Å². The van der Waals surface area contributed by atoms with Crippen LogP contribution in [0.2, 0.25) is 0 Å². The summed E-state index contributed by atoms with van der Waals surface area (Å²) in [5, 5.41) is 0. The molecular weight excluding hydrogens is 310 g/mol. The molecule has 1 aromatic heterocycles. The first-order valence-corrected chi connectivity index (χ1v) is 9.30. The summed E-state index contributed by atoms with van der Waals surface area (Å²) in [6.45, 7) is 3.48. The number of hydrogen-bond donors (Lipinski definition) is 0. The molecule has 25 heavy (non-hydrogen) atoms. The van der Waals surface area contributed by atoms with Crippen LogP contribution in [0.1, 0.15) is 30.5 Å². The van der Waals surface area contributed by atoms with E-state index in [4.69, 9.17) is 0 Å². The average Bonchev–Trinajstić information content (AvgIpc) is 3.33. The second-order valence-electron chi connectivity index (χ2n) is 7.74. The molecule has 1 saturated carbocycles. The van der Waals surface area contributed by atoms with Crippen LogP contribution in [0.15, 0.2) is 48.7 Å². The molecule has 1 aliphatic carbocycles. The molecule has 4 heteroatoms. The van der Waals surface area contributed by atoms with Gasteiger partial charge in [0.25, 0.3) is 0 Å². The SMILES string of the molecule is O=C1N(CC2CC2)c2ccccc2[C@@]12CCN(Cc1ccccn1)C2. The van der Waals surface area contributed by atoms with Crippen LogP contribution in [-0.2, 0) is 16.8 Å². The monoisotopic (exact) mass is 333 g/mol. The Balaban J connectivity index is 1.43. The van der Waals surface area contributed by atoms with Gasteiger partial charge >= 0.3 is 0 Å². The van der Waals surface area contributed by atoms with Crippen molar-refractivity contribution in [3.63, 3.8) is 0 Å². The minimum absolute atomic E-state index is 0.323. The van der Waals surface area contributed by atoms with Crippen LogP contribution >= 0.6 is 0 Å². The van der Waals surface area contributed by atoms with Crippen LogP contribution in [-0.4, -0.2) is 35.4 Å². The summed E-state index contributed by atoms with van der Waals surface area (Å²) in [5.74, 6) is 1.03. The normalized spacial score (nSPS) is 25.8. The summed E-state index contributed by atoms with van der Waals surface area (Å²) in [4.78, 5) is 22.3. The zero-order chi connectivity index (χ0) is 16.9. The number of amides is 1.